The highest BCUT2D eigenvalue weighted by Gasteiger charge is 2.45. The molecule has 0 amide bonds. The maximum Gasteiger partial charge on any atom is 0.305 e. The molecule has 25 heavy (non-hydrogen) atoms. The summed E-state index contributed by atoms with van der Waals surface area (Å²) in [6.45, 7) is 2.52. The molecule has 0 heterocycles. The van der Waals surface area contributed by atoms with Gasteiger partial charge in [-0.25, -0.2) is 0 Å². The molecule has 0 aliphatic heterocycles. The van der Waals surface area contributed by atoms with Crippen LogP contribution in [-0.4, -0.2) is 48.9 Å². The lowest BCUT2D eigenvalue weighted by molar-refractivity contribution is -0.149. The van der Waals surface area contributed by atoms with Crippen molar-refractivity contribution in [2.75, 3.05) is 13.7 Å². The molecule has 1 N–H and O–H groups in total. The van der Waals surface area contributed by atoms with Crippen LogP contribution in [0, 0.1) is 11.8 Å². The van der Waals surface area contributed by atoms with Gasteiger partial charge in [-0.3, -0.25) is 14.4 Å². The van der Waals surface area contributed by atoms with Crippen LogP contribution in [0.1, 0.15) is 46.0 Å². The molecule has 0 aromatic carbocycles. The third kappa shape index (κ3) is 7.25. The molecule has 0 aromatic heterocycles. The van der Waals surface area contributed by atoms with Gasteiger partial charge in [0.25, 0.3) is 0 Å². The second kappa shape index (κ2) is 10.9. The lowest BCUT2D eigenvalue weighted by Gasteiger charge is -2.23. The van der Waals surface area contributed by atoms with E-state index in [-0.39, 0.29) is 24.4 Å². The lowest BCUT2D eigenvalue weighted by atomic mass is 9.91. The van der Waals surface area contributed by atoms with E-state index in [9.17, 15) is 19.5 Å². The summed E-state index contributed by atoms with van der Waals surface area (Å²) in [4.78, 5) is 33.6. The molecule has 1 aliphatic rings. The van der Waals surface area contributed by atoms with Crippen LogP contribution in [-0.2, 0) is 28.6 Å². The SMILES string of the molecule is COC(=O)CCC/C=C\C[C@@H]1[C@@H](CO)[C@H](OC(C)=O)C[C@@H]1OC(C)=O. The van der Waals surface area contributed by atoms with E-state index in [4.69, 9.17) is 9.47 Å². The molecule has 1 saturated carbocycles. The fraction of sp³-hybridized carbons (Fsp3) is 0.722. The summed E-state index contributed by atoms with van der Waals surface area (Å²) >= 11 is 0. The molecule has 0 saturated heterocycles. The third-order valence-electron chi connectivity index (χ3n) is 4.37. The van der Waals surface area contributed by atoms with Crippen LogP contribution in [0.15, 0.2) is 12.2 Å². The third-order valence-corrected chi connectivity index (χ3v) is 4.37. The fourth-order valence-corrected chi connectivity index (χ4v) is 3.24. The van der Waals surface area contributed by atoms with E-state index in [0.29, 0.717) is 25.7 Å². The van der Waals surface area contributed by atoms with E-state index < -0.39 is 24.1 Å². The molecule has 1 fully saturated rings. The van der Waals surface area contributed by atoms with Gasteiger partial charge in [0.1, 0.15) is 12.2 Å². The maximum atomic E-state index is 11.3. The Labute approximate surface area is 148 Å². The number of hydrogen-bond donors (Lipinski definition) is 1. The Kier molecular flexibility index (Phi) is 9.20. The van der Waals surface area contributed by atoms with Crippen LogP contribution in [0.3, 0.4) is 0 Å². The molecule has 1 aliphatic carbocycles. The van der Waals surface area contributed by atoms with Crippen LogP contribution in [0.2, 0.25) is 0 Å². The Hall–Kier alpha value is -1.89. The van der Waals surface area contributed by atoms with Gasteiger partial charge in [-0.05, 0) is 19.3 Å². The van der Waals surface area contributed by atoms with Gasteiger partial charge in [-0.2, -0.15) is 0 Å². The first-order chi connectivity index (χ1) is 11.9. The van der Waals surface area contributed by atoms with E-state index in [1.54, 1.807) is 0 Å². The number of aliphatic hydroxyl groups excluding tert-OH is 1. The van der Waals surface area contributed by atoms with Crippen LogP contribution >= 0.6 is 0 Å². The number of allylic oxidation sites excluding steroid dienone is 2. The predicted molar refractivity (Wildman–Crippen MR) is 89.4 cm³/mol. The van der Waals surface area contributed by atoms with E-state index in [1.807, 2.05) is 12.2 Å². The number of esters is 3. The molecule has 7 heteroatoms. The fourth-order valence-electron chi connectivity index (χ4n) is 3.24. The van der Waals surface area contributed by atoms with E-state index >= 15 is 0 Å². The van der Waals surface area contributed by atoms with Gasteiger partial charge in [0.05, 0.1) is 7.11 Å². The molecule has 7 nitrogen and oxygen atoms in total. The molecule has 0 bridgehead atoms. The van der Waals surface area contributed by atoms with Crippen molar-refractivity contribution in [3.8, 4) is 0 Å². The Bertz CT molecular complexity index is 486. The number of hydrogen-bond acceptors (Lipinski definition) is 7. The van der Waals surface area contributed by atoms with Crippen LogP contribution < -0.4 is 0 Å². The summed E-state index contributed by atoms with van der Waals surface area (Å²) in [5.41, 5.74) is 0. The van der Waals surface area contributed by atoms with Gasteiger partial charge >= 0.3 is 17.9 Å². The Morgan fingerprint density at radius 2 is 1.64 bits per heavy atom. The Morgan fingerprint density at radius 1 is 1.04 bits per heavy atom. The lowest BCUT2D eigenvalue weighted by Crippen LogP contribution is -2.28. The topological polar surface area (TPSA) is 99.1 Å². The molecular weight excluding hydrogens is 328 g/mol. The molecule has 1 rings (SSSR count). The summed E-state index contributed by atoms with van der Waals surface area (Å²) < 4.78 is 15.2. The summed E-state index contributed by atoms with van der Waals surface area (Å²) in [5.74, 6) is -1.42. The molecule has 0 unspecified atom stereocenters. The number of rotatable bonds is 9. The standard InChI is InChI=1S/C18H28O7/c1-12(20)24-16-10-17(25-13(2)21)15(11-19)14(16)8-6-4-5-7-9-18(22)23-3/h4,6,14-17,19H,5,7-11H2,1-3H3/b6-4-/t14-,15-,16+,17-/m1/s1. The number of methoxy groups -OCH3 is 1. The van der Waals surface area contributed by atoms with E-state index in [2.05, 4.69) is 4.74 Å². The average molecular weight is 356 g/mol. The number of unbranched alkanes of at least 4 members (excludes halogenated alkanes) is 1. The highest BCUT2D eigenvalue weighted by atomic mass is 16.6. The summed E-state index contributed by atoms with van der Waals surface area (Å²) in [7, 11) is 1.36. The van der Waals surface area contributed by atoms with Crippen molar-refractivity contribution in [3.63, 3.8) is 0 Å². The summed E-state index contributed by atoms with van der Waals surface area (Å²) in [5, 5.41) is 9.69. The molecule has 4 atom stereocenters. The van der Waals surface area contributed by atoms with Gasteiger partial charge in [-0.1, -0.05) is 12.2 Å². The minimum Gasteiger partial charge on any atom is -0.469 e. The van der Waals surface area contributed by atoms with Crippen LogP contribution in [0.25, 0.3) is 0 Å². The van der Waals surface area contributed by atoms with Crippen molar-refractivity contribution in [1.29, 1.82) is 0 Å². The van der Waals surface area contributed by atoms with Crippen molar-refractivity contribution >= 4 is 17.9 Å². The number of aliphatic hydroxyl groups is 1. The summed E-state index contributed by atoms with van der Waals surface area (Å²) in [6.07, 6.45) is 5.86. The van der Waals surface area contributed by atoms with Gasteiger partial charge < -0.3 is 19.3 Å². The van der Waals surface area contributed by atoms with Crippen molar-refractivity contribution in [1.82, 2.24) is 0 Å². The van der Waals surface area contributed by atoms with Gasteiger partial charge in [-0.15, -0.1) is 0 Å². The maximum absolute atomic E-state index is 11.3. The van der Waals surface area contributed by atoms with Gasteiger partial charge in [0.2, 0.25) is 0 Å². The highest BCUT2D eigenvalue weighted by molar-refractivity contribution is 5.69. The minimum absolute atomic E-state index is 0.116. The summed E-state index contributed by atoms with van der Waals surface area (Å²) in [6, 6.07) is 0. The predicted octanol–water partition coefficient (Wildman–Crippen LogP) is 1.77. The Morgan fingerprint density at radius 3 is 2.16 bits per heavy atom. The zero-order valence-electron chi connectivity index (χ0n) is 15.1. The number of carbonyl (C=O) groups excluding carboxylic acids is 3. The van der Waals surface area contributed by atoms with Crippen LogP contribution in [0.5, 0.6) is 0 Å². The van der Waals surface area contributed by atoms with Gasteiger partial charge in [0.15, 0.2) is 0 Å². The largest absolute Gasteiger partial charge is 0.469 e. The Balaban J connectivity index is 2.62. The zero-order chi connectivity index (χ0) is 18.8. The monoisotopic (exact) mass is 356 g/mol. The van der Waals surface area contributed by atoms with Crippen molar-refractivity contribution in [2.45, 2.75) is 58.2 Å². The smallest absolute Gasteiger partial charge is 0.305 e. The quantitative estimate of drug-likeness (QED) is 0.291. The number of carbonyl (C=O) groups is 3. The molecule has 0 spiro atoms. The van der Waals surface area contributed by atoms with Crippen molar-refractivity contribution < 1.29 is 33.7 Å². The van der Waals surface area contributed by atoms with Crippen molar-refractivity contribution in [2.24, 2.45) is 11.8 Å². The van der Waals surface area contributed by atoms with Crippen LogP contribution in [0.4, 0.5) is 0 Å². The molecular formula is C18H28O7. The molecule has 0 aromatic rings. The first kappa shape index (κ1) is 21.2. The number of ether oxygens (including phenoxy) is 3. The minimum atomic E-state index is -0.454. The van der Waals surface area contributed by atoms with Gasteiger partial charge in [0, 0.05) is 45.1 Å². The molecule has 0 radical (unpaired) electrons. The second-order valence-corrected chi connectivity index (χ2v) is 6.22. The highest BCUT2D eigenvalue weighted by Crippen LogP contribution is 2.38. The first-order valence-electron chi connectivity index (χ1n) is 8.56. The van der Waals surface area contributed by atoms with Crippen molar-refractivity contribution in [3.05, 3.63) is 12.2 Å². The first-order valence-corrected chi connectivity index (χ1v) is 8.56. The normalized spacial score (nSPS) is 25.8. The zero-order valence-corrected chi connectivity index (χ0v) is 15.1. The average Bonchev–Trinajstić information content (AvgIpc) is 2.85. The van der Waals surface area contributed by atoms with E-state index in [1.165, 1.54) is 21.0 Å². The second-order valence-electron chi connectivity index (χ2n) is 6.22. The molecule has 142 valence electrons. The van der Waals surface area contributed by atoms with E-state index in [0.717, 1.165) is 6.42 Å².